The molecule has 0 bridgehead atoms. The van der Waals surface area contributed by atoms with Crippen molar-refractivity contribution in [3.05, 3.63) is 0 Å². The molecule has 0 atom stereocenters. The Bertz CT molecular complexity index is 251. The zero-order chi connectivity index (χ0) is 14.4. The van der Waals surface area contributed by atoms with Crippen LogP contribution >= 0.6 is 0 Å². The normalized spacial score (nSPS) is 38.9. The maximum atomic E-state index is 2.52. The molecule has 0 N–H and O–H groups in total. The van der Waals surface area contributed by atoms with Gasteiger partial charge in [-0.1, -0.05) is 65.7 Å². The van der Waals surface area contributed by atoms with Gasteiger partial charge in [0.15, 0.2) is 0 Å². The Morgan fingerprint density at radius 3 is 1.95 bits per heavy atom. The average Bonchev–Trinajstić information content (AvgIpc) is 2.49. The number of rotatable bonds is 6. The maximum absolute atomic E-state index is 2.52. The van der Waals surface area contributed by atoms with Gasteiger partial charge in [-0.2, -0.15) is 0 Å². The molecule has 2 aliphatic carbocycles. The van der Waals surface area contributed by atoms with Gasteiger partial charge in [-0.15, -0.1) is 0 Å². The molecule has 0 saturated heterocycles. The van der Waals surface area contributed by atoms with Gasteiger partial charge in [0.25, 0.3) is 0 Å². The molecule has 2 saturated carbocycles. The Morgan fingerprint density at radius 1 is 0.800 bits per heavy atom. The van der Waals surface area contributed by atoms with Gasteiger partial charge in [-0.25, -0.2) is 0 Å². The third kappa shape index (κ3) is 4.50. The molecule has 2 rings (SSSR count). The second-order valence-electron chi connectivity index (χ2n) is 8.28. The van der Waals surface area contributed by atoms with E-state index >= 15 is 0 Å². The van der Waals surface area contributed by atoms with Gasteiger partial charge in [-0.05, 0) is 61.7 Å². The minimum atomic E-state index is 0.688. The summed E-state index contributed by atoms with van der Waals surface area (Å²) in [5, 5.41) is 0. The molecule has 0 aromatic carbocycles. The van der Waals surface area contributed by atoms with E-state index in [1.54, 1.807) is 25.7 Å². The molecule has 0 heterocycles. The van der Waals surface area contributed by atoms with Crippen LogP contribution in [-0.4, -0.2) is 0 Å². The minimum Gasteiger partial charge on any atom is -0.0654 e. The van der Waals surface area contributed by atoms with E-state index in [0.717, 1.165) is 17.8 Å². The van der Waals surface area contributed by atoms with Crippen LogP contribution in [0.2, 0.25) is 0 Å². The van der Waals surface area contributed by atoms with Crippen molar-refractivity contribution in [2.75, 3.05) is 0 Å². The van der Waals surface area contributed by atoms with E-state index in [4.69, 9.17) is 0 Å². The van der Waals surface area contributed by atoms with Crippen LogP contribution in [-0.2, 0) is 0 Å². The Labute approximate surface area is 128 Å². The van der Waals surface area contributed by atoms with Crippen molar-refractivity contribution in [3.8, 4) is 0 Å². The predicted octanol–water partition coefficient (Wildman–Crippen LogP) is 6.98. The Balaban J connectivity index is 1.67. The lowest BCUT2D eigenvalue weighted by atomic mass is 9.64. The summed E-state index contributed by atoms with van der Waals surface area (Å²) in [5.74, 6) is 3.27. The molecule has 2 aliphatic rings. The van der Waals surface area contributed by atoms with Crippen LogP contribution in [0.4, 0.5) is 0 Å². The van der Waals surface area contributed by atoms with Crippen molar-refractivity contribution in [3.63, 3.8) is 0 Å². The van der Waals surface area contributed by atoms with Crippen LogP contribution in [0.25, 0.3) is 0 Å². The topological polar surface area (TPSA) is 0 Å². The highest BCUT2D eigenvalue weighted by atomic mass is 14.4. The van der Waals surface area contributed by atoms with E-state index in [-0.39, 0.29) is 0 Å². The van der Waals surface area contributed by atoms with Crippen LogP contribution < -0.4 is 0 Å². The van der Waals surface area contributed by atoms with E-state index in [2.05, 4.69) is 20.8 Å². The van der Waals surface area contributed by atoms with Gasteiger partial charge in [-0.3, -0.25) is 0 Å². The Morgan fingerprint density at radius 2 is 1.40 bits per heavy atom. The molecule has 0 nitrogen and oxygen atoms in total. The van der Waals surface area contributed by atoms with Gasteiger partial charge in [0, 0.05) is 0 Å². The van der Waals surface area contributed by atoms with E-state index in [9.17, 15) is 0 Å². The molecule has 118 valence electrons. The molecular formula is C20H38. The van der Waals surface area contributed by atoms with Crippen LogP contribution in [0.1, 0.15) is 104 Å². The fourth-order valence-electron chi connectivity index (χ4n) is 4.79. The first-order valence-corrected chi connectivity index (χ1v) is 9.67. The summed E-state index contributed by atoms with van der Waals surface area (Å²) < 4.78 is 0. The van der Waals surface area contributed by atoms with Gasteiger partial charge < -0.3 is 0 Å². The zero-order valence-corrected chi connectivity index (χ0v) is 14.4. The van der Waals surface area contributed by atoms with Crippen molar-refractivity contribution in [2.45, 2.75) is 104 Å². The zero-order valence-electron chi connectivity index (χ0n) is 14.4. The maximum Gasteiger partial charge on any atom is -0.0328 e. The van der Waals surface area contributed by atoms with Gasteiger partial charge >= 0.3 is 0 Å². The summed E-state index contributed by atoms with van der Waals surface area (Å²) in [4.78, 5) is 0. The monoisotopic (exact) mass is 278 g/mol. The number of hydrogen-bond donors (Lipinski definition) is 0. The lowest BCUT2D eigenvalue weighted by molar-refractivity contribution is 0.0999. The van der Waals surface area contributed by atoms with Gasteiger partial charge in [0.05, 0.1) is 0 Å². The van der Waals surface area contributed by atoms with E-state index in [1.165, 1.54) is 57.8 Å². The molecule has 0 aromatic heterocycles. The molecule has 0 amide bonds. The largest absolute Gasteiger partial charge is 0.0654 e. The fraction of sp³-hybridized carbons (Fsp3) is 1.00. The first-order chi connectivity index (χ1) is 9.67. The Kier molecular flexibility index (Phi) is 6.43. The molecule has 0 heteroatoms. The quantitative estimate of drug-likeness (QED) is 0.460. The molecule has 0 aliphatic heterocycles. The van der Waals surface area contributed by atoms with Crippen molar-refractivity contribution >= 4 is 0 Å². The molecule has 0 radical (unpaired) electrons. The molecule has 0 spiro atoms. The van der Waals surface area contributed by atoms with Crippen molar-refractivity contribution in [1.29, 1.82) is 0 Å². The number of unbranched alkanes of at least 4 members (excludes halogenated alkanes) is 2. The van der Waals surface area contributed by atoms with Crippen molar-refractivity contribution < 1.29 is 0 Å². The van der Waals surface area contributed by atoms with Gasteiger partial charge in [0.2, 0.25) is 0 Å². The highest BCUT2D eigenvalue weighted by Gasteiger charge is 2.34. The molecule has 0 aromatic rings. The highest BCUT2D eigenvalue weighted by molar-refractivity contribution is 4.86. The summed E-state index contributed by atoms with van der Waals surface area (Å²) in [6, 6.07) is 0. The second kappa shape index (κ2) is 7.85. The first-order valence-electron chi connectivity index (χ1n) is 9.67. The molecule has 0 unspecified atom stereocenters. The van der Waals surface area contributed by atoms with E-state index < -0.39 is 0 Å². The minimum absolute atomic E-state index is 0.688. The van der Waals surface area contributed by atoms with Crippen molar-refractivity contribution in [2.24, 2.45) is 23.2 Å². The lowest BCUT2D eigenvalue weighted by Gasteiger charge is -2.42. The smallest absolute Gasteiger partial charge is 0.0328 e. The second-order valence-corrected chi connectivity index (χ2v) is 8.28. The fourth-order valence-corrected chi connectivity index (χ4v) is 4.79. The lowest BCUT2D eigenvalue weighted by Crippen LogP contribution is -2.29. The summed E-state index contributed by atoms with van der Waals surface area (Å²) in [6.45, 7) is 7.24. The van der Waals surface area contributed by atoms with E-state index in [1.807, 2.05) is 0 Å². The SMILES string of the molecule is CCCCCC1CCC(C2CCC(C)(CC)CC2)CC1. The summed E-state index contributed by atoms with van der Waals surface area (Å²) in [7, 11) is 0. The third-order valence-corrected chi connectivity index (χ3v) is 6.86. The summed E-state index contributed by atoms with van der Waals surface area (Å²) >= 11 is 0. The summed E-state index contributed by atoms with van der Waals surface area (Å²) in [6.07, 6.45) is 19.6. The average molecular weight is 279 g/mol. The highest BCUT2D eigenvalue weighted by Crippen LogP contribution is 2.47. The van der Waals surface area contributed by atoms with Crippen molar-refractivity contribution in [1.82, 2.24) is 0 Å². The first kappa shape index (κ1) is 16.4. The van der Waals surface area contributed by atoms with Gasteiger partial charge in [0.1, 0.15) is 0 Å². The van der Waals surface area contributed by atoms with Crippen LogP contribution in [0, 0.1) is 23.2 Å². The van der Waals surface area contributed by atoms with Crippen LogP contribution in [0.3, 0.4) is 0 Å². The summed E-state index contributed by atoms with van der Waals surface area (Å²) in [5.41, 5.74) is 0.688. The number of hydrogen-bond acceptors (Lipinski definition) is 0. The van der Waals surface area contributed by atoms with E-state index in [0.29, 0.717) is 5.41 Å². The van der Waals surface area contributed by atoms with Crippen LogP contribution in [0.15, 0.2) is 0 Å². The molecular weight excluding hydrogens is 240 g/mol. The third-order valence-electron chi connectivity index (χ3n) is 6.86. The predicted molar refractivity (Wildman–Crippen MR) is 89.9 cm³/mol. The van der Waals surface area contributed by atoms with Crippen LogP contribution in [0.5, 0.6) is 0 Å². The Hall–Kier alpha value is 0. The molecule has 20 heavy (non-hydrogen) atoms. The molecule has 2 fully saturated rings. The standard InChI is InChI=1S/C20H38/c1-4-6-7-8-17-9-11-18(12-10-17)19-13-15-20(3,5-2)16-14-19/h17-19H,4-16H2,1-3H3.